The molecule has 0 saturated carbocycles. The molecule has 8 heteroatoms. The molecule has 0 aliphatic carbocycles. The van der Waals surface area contributed by atoms with E-state index in [4.69, 9.17) is 11.6 Å². The lowest BCUT2D eigenvalue weighted by molar-refractivity contribution is -0.119. The van der Waals surface area contributed by atoms with Gasteiger partial charge >= 0.3 is 0 Å². The number of anilines is 1. The molecule has 0 aromatic heterocycles. The Balaban J connectivity index is 2.19. The van der Waals surface area contributed by atoms with E-state index in [2.05, 4.69) is 10.0 Å². The van der Waals surface area contributed by atoms with E-state index in [0.29, 0.717) is 5.69 Å². The van der Waals surface area contributed by atoms with Crippen LogP contribution in [0.3, 0.4) is 0 Å². The maximum atomic E-state index is 13.0. The fourth-order valence-corrected chi connectivity index (χ4v) is 3.46. The maximum Gasteiger partial charge on any atom is 0.263 e. The molecule has 0 unspecified atom stereocenters. The standard InChI is InChI=1S/C15H14ClFN2O3S/c1-18-15(20)8-10-2-5-12(6-3-10)19-23(21,22)14-7-4-11(17)9-13(14)16/h2-7,9,19H,8H2,1H3,(H,18,20). The number of carbonyl (C=O) groups is 1. The molecular weight excluding hydrogens is 343 g/mol. The second-order valence-electron chi connectivity index (χ2n) is 4.73. The van der Waals surface area contributed by atoms with Crippen LogP contribution in [0.15, 0.2) is 47.4 Å². The van der Waals surface area contributed by atoms with E-state index in [0.717, 1.165) is 23.8 Å². The SMILES string of the molecule is CNC(=O)Cc1ccc(NS(=O)(=O)c2ccc(F)cc2Cl)cc1. The van der Waals surface area contributed by atoms with Crippen LogP contribution in [0, 0.1) is 5.82 Å². The first kappa shape index (κ1) is 17.2. The van der Waals surface area contributed by atoms with Crippen LogP contribution in [0.2, 0.25) is 5.02 Å². The molecular formula is C15H14ClFN2O3S. The highest BCUT2D eigenvalue weighted by atomic mass is 35.5. The fourth-order valence-electron chi connectivity index (χ4n) is 1.87. The number of rotatable bonds is 5. The van der Waals surface area contributed by atoms with E-state index in [-0.39, 0.29) is 22.2 Å². The van der Waals surface area contributed by atoms with Crippen molar-refractivity contribution in [3.8, 4) is 0 Å². The van der Waals surface area contributed by atoms with Crippen LogP contribution in [0.4, 0.5) is 10.1 Å². The smallest absolute Gasteiger partial charge is 0.263 e. The Labute approximate surface area is 138 Å². The van der Waals surface area contributed by atoms with Gasteiger partial charge in [0.05, 0.1) is 11.4 Å². The fraction of sp³-hybridized carbons (Fsp3) is 0.133. The van der Waals surface area contributed by atoms with Gasteiger partial charge in [-0.3, -0.25) is 9.52 Å². The average Bonchev–Trinajstić information content (AvgIpc) is 2.48. The number of likely N-dealkylation sites (N-methyl/N-ethyl adjacent to an activating group) is 1. The predicted molar refractivity (Wildman–Crippen MR) is 86.4 cm³/mol. The van der Waals surface area contributed by atoms with Crippen molar-refractivity contribution in [2.45, 2.75) is 11.3 Å². The van der Waals surface area contributed by atoms with Gasteiger partial charge in [-0.05, 0) is 35.9 Å². The van der Waals surface area contributed by atoms with Gasteiger partial charge in [0.25, 0.3) is 10.0 Å². The highest BCUT2D eigenvalue weighted by molar-refractivity contribution is 7.92. The van der Waals surface area contributed by atoms with Crippen molar-refractivity contribution in [3.63, 3.8) is 0 Å². The third-order valence-electron chi connectivity index (χ3n) is 3.03. The molecule has 0 saturated heterocycles. The summed E-state index contributed by atoms with van der Waals surface area (Å²) in [4.78, 5) is 11.1. The minimum absolute atomic E-state index is 0.142. The Morgan fingerprint density at radius 1 is 1.17 bits per heavy atom. The first-order valence-electron chi connectivity index (χ1n) is 6.59. The molecule has 1 amide bonds. The average molecular weight is 357 g/mol. The highest BCUT2D eigenvalue weighted by Crippen LogP contribution is 2.24. The first-order chi connectivity index (χ1) is 10.8. The topological polar surface area (TPSA) is 75.3 Å². The molecule has 2 rings (SSSR count). The van der Waals surface area contributed by atoms with Crippen LogP contribution in [0.5, 0.6) is 0 Å². The van der Waals surface area contributed by atoms with Gasteiger partial charge in [0.2, 0.25) is 5.91 Å². The third kappa shape index (κ3) is 4.43. The summed E-state index contributed by atoms with van der Waals surface area (Å²) in [6.07, 6.45) is 0.202. The van der Waals surface area contributed by atoms with Crippen LogP contribution in [-0.2, 0) is 21.2 Å². The number of carbonyl (C=O) groups excluding carboxylic acids is 1. The van der Waals surface area contributed by atoms with Crippen LogP contribution >= 0.6 is 11.6 Å². The Bertz CT molecular complexity index is 823. The number of hydrogen-bond acceptors (Lipinski definition) is 3. The van der Waals surface area contributed by atoms with Gasteiger partial charge in [0, 0.05) is 12.7 Å². The maximum absolute atomic E-state index is 13.0. The van der Waals surface area contributed by atoms with Crippen LogP contribution < -0.4 is 10.0 Å². The van der Waals surface area contributed by atoms with Gasteiger partial charge in [0.15, 0.2) is 0 Å². The van der Waals surface area contributed by atoms with Crippen molar-refractivity contribution in [3.05, 3.63) is 58.9 Å². The summed E-state index contributed by atoms with van der Waals surface area (Å²) >= 11 is 5.78. The monoisotopic (exact) mass is 356 g/mol. The van der Waals surface area contributed by atoms with Gasteiger partial charge in [0.1, 0.15) is 10.7 Å². The molecule has 0 heterocycles. The molecule has 2 N–H and O–H groups in total. The summed E-state index contributed by atoms with van der Waals surface area (Å²) in [7, 11) is -2.39. The zero-order valence-electron chi connectivity index (χ0n) is 12.1. The van der Waals surface area contributed by atoms with E-state index < -0.39 is 15.8 Å². The molecule has 0 atom stereocenters. The second-order valence-corrected chi connectivity index (χ2v) is 6.79. The van der Waals surface area contributed by atoms with Gasteiger partial charge in [-0.25, -0.2) is 12.8 Å². The Morgan fingerprint density at radius 2 is 1.83 bits per heavy atom. The molecule has 23 heavy (non-hydrogen) atoms. The van der Waals surface area contributed by atoms with E-state index in [9.17, 15) is 17.6 Å². The summed E-state index contributed by atoms with van der Waals surface area (Å²) in [5.41, 5.74) is 1.05. The van der Waals surface area contributed by atoms with Gasteiger partial charge in [-0.2, -0.15) is 0 Å². The molecule has 122 valence electrons. The quantitative estimate of drug-likeness (QED) is 0.864. The highest BCUT2D eigenvalue weighted by Gasteiger charge is 2.18. The third-order valence-corrected chi connectivity index (χ3v) is 4.90. The summed E-state index contributed by atoms with van der Waals surface area (Å²) in [5.74, 6) is -0.760. The number of nitrogens with one attached hydrogen (secondary N) is 2. The summed E-state index contributed by atoms with van der Waals surface area (Å²) in [5, 5.41) is 2.30. The Kier molecular flexibility index (Phi) is 5.23. The zero-order chi connectivity index (χ0) is 17.0. The minimum Gasteiger partial charge on any atom is -0.359 e. The summed E-state index contributed by atoms with van der Waals surface area (Å²) < 4.78 is 39.9. The van der Waals surface area contributed by atoms with E-state index in [1.54, 1.807) is 12.1 Å². The molecule has 0 spiro atoms. The second kappa shape index (κ2) is 6.97. The van der Waals surface area contributed by atoms with Gasteiger partial charge in [-0.15, -0.1) is 0 Å². The molecule has 0 radical (unpaired) electrons. The van der Waals surface area contributed by atoms with Crippen molar-refractivity contribution in [1.29, 1.82) is 0 Å². The van der Waals surface area contributed by atoms with E-state index in [1.807, 2.05) is 0 Å². The van der Waals surface area contributed by atoms with Crippen molar-refractivity contribution < 1.29 is 17.6 Å². The van der Waals surface area contributed by atoms with E-state index >= 15 is 0 Å². The Morgan fingerprint density at radius 3 is 2.39 bits per heavy atom. The largest absolute Gasteiger partial charge is 0.359 e. The van der Waals surface area contributed by atoms with Crippen molar-refractivity contribution in [2.75, 3.05) is 11.8 Å². The number of hydrogen-bond donors (Lipinski definition) is 2. The van der Waals surface area contributed by atoms with Crippen LogP contribution in [-0.4, -0.2) is 21.4 Å². The molecule has 0 aliphatic heterocycles. The van der Waals surface area contributed by atoms with Crippen molar-refractivity contribution in [1.82, 2.24) is 5.32 Å². The lowest BCUT2D eigenvalue weighted by Crippen LogP contribution is -2.19. The van der Waals surface area contributed by atoms with Crippen LogP contribution in [0.1, 0.15) is 5.56 Å². The molecule has 0 aliphatic rings. The van der Waals surface area contributed by atoms with Crippen molar-refractivity contribution in [2.24, 2.45) is 0 Å². The summed E-state index contributed by atoms with van der Waals surface area (Å²) in [6.45, 7) is 0. The summed E-state index contributed by atoms with van der Waals surface area (Å²) in [6, 6.07) is 9.40. The Hall–Kier alpha value is -2.12. The molecule has 5 nitrogen and oxygen atoms in total. The lowest BCUT2D eigenvalue weighted by atomic mass is 10.1. The molecule has 0 fully saturated rings. The first-order valence-corrected chi connectivity index (χ1v) is 8.45. The number of sulfonamides is 1. The number of benzene rings is 2. The molecule has 2 aromatic rings. The van der Waals surface area contributed by atoms with Gasteiger partial charge in [-0.1, -0.05) is 23.7 Å². The molecule has 0 bridgehead atoms. The number of amides is 1. The lowest BCUT2D eigenvalue weighted by Gasteiger charge is -2.10. The normalized spacial score (nSPS) is 11.1. The number of halogens is 2. The predicted octanol–water partition coefficient (Wildman–Crippen LogP) is 2.57. The van der Waals surface area contributed by atoms with Crippen LogP contribution in [0.25, 0.3) is 0 Å². The van der Waals surface area contributed by atoms with E-state index in [1.165, 1.54) is 19.2 Å². The van der Waals surface area contributed by atoms with Crippen molar-refractivity contribution >= 4 is 33.2 Å². The minimum atomic E-state index is -3.93. The zero-order valence-corrected chi connectivity index (χ0v) is 13.7. The molecule has 2 aromatic carbocycles. The van der Waals surface area contributed by atoms with Gasteiger partial charge < -0.3 is 5.32 Å².